The second-order valence-electron chi connectivity index (χ2n) is 7.32. The Morgan fingerprint density at radius 3 is 2.23 bits per heavy atom. The first-order valence-electron chi connectivity index (χ1n) is 7.72. The van der Waals surface area contributed by atoms with Gasteiger partial charge in [0.2, 0.25) is 0 Å². The van der Waals surface area contributed by atoms with Crippen LogP contribution >= 0.6 is 0 Å². The highest BCUT2D eigenvalue weighted by Crippen LogP contribution is 2.44. The fraction of sp³-hybridized carbons (Fsp3) is 0.526. The fourth-order valence-electron chi connectivity index (χ4n) is 3.65. The molecule has 0 bridgehead atoms. The van der Waals surface area contributed by atoms with Crippen molar-refractivity contribution in [3.05, 3.63) is 34.9 Å². The molecule has 2 rings (SSSR count). The summed E-state index contributed by atoms with van der Waals surface area (Å²) in [6.45, 7) is 14.5. The first kappa shape index (κ1) is 16.6. The van der Waals surface area contributed by atoms with Crippen LogP contribution in [0.4, 0.5) is 5.69 Å². The van der Waals surface area contributed by atoms with Crippen molar-refractivity contribution < 1.29 is 9.53 Å². The van der Waals surface area contributed by atoms with Crippen LogP contribution in [0.2, 0.25) is 0 Å². The number of methoxy groups -OCH3 is 1. The zero-order valence-electron chi connectivity index (χ0n) is 15.0. The van der Waals surface area contributed by atoms with Crippen LogP contribution < -0.4 is 4.90 Å². The second-order valence-corrected chi connectivity index (χ2v) is 7.32. The lowest BCUT2D eigenvalue weighted by Crippen LogP contribution is -2.60. The first-order chi connectivity index (χ1) is 10.0. The van der Waals surface area contributed by atoms with E-state index in [-0.39, 0.29) is 11.5 Å². The summed E-state index contributed by atoms with van der Waals surface area (Å²) in [6.07, 6.45) is 2.23. The molecule has 0 unspecified atom stereocenters. The van der Waals surface area contributed by atoms with Gasteiger partial charge in [0.05, 0.1) is 12.6 Å². The molecule has 0 aliphatic carbocycles. The lowest BCUT2D eigenvalue weighted by atomic mass is 9.83. The van der Waals surface area contributed by atoms with Crippen molar-refractivity contribution >= 4 is 17.2 Å². The van der Waals surface area contributed by atoms with E-state index in [1.807, 2.05) is 13.8 Å². The summed E-state index contributed by atoms with van der Waals surface area (Å²) < 4.78 is 5.06. The van der Waals surface area contributed by atoms with Gasteiger partial charge in [-0.25, -0.2) is 4.79 Å². The van der Waals surface area contributed by atoms with Crippen molar-refractivity contribution in [1.29, 1.82) is 0 Å². The molecule has 0 N–H and O–H groups in total. The average molecular weight is 301 g/mol. The maximum absolute atomic E-state index is 12.4. The first-order valence-corrected chi connectivity index (χ1v) is 7.72. The van der Waals surface area contributed by atoms with Gasteiger partial charge in [-0.3, -0.25) is 0 Å². The summed E-state index contributed by atoms with van der Waals surface area (Å²) in [7, 11) is 1.45. The number of aryl methyl sites for hydroxylation is 2. The number of carbonyl (C=O) groups is 1. The number of hydrogen-bond donors (Lipinski definition) is 0. The van der Waals surface area contributed by atoms with E-state index in [1.165, 1.54) is 29.4 Å². The molecule has 0 saturated carbocycles. The minimum Gasteiger partial charge on any atom is -0.467 e. The van der Waals surface area contributed by atoms with Crippen LogP contribution in [0.15, 0.2) is 18.2 Å². The Kier molecular flexibility index (Phi) is 3.88. The average Bonchev–Trinajstić information content (AvgIpc) is 2.39. The third kappa shape index (κ3) is 2.43. The highest BCUT2D eigenvalue weighted by atomic mass is 16.5. The number of esters is 1. The molecule has 3 heteroatoms. The van der Waals surface area contributed by atoms with E-state index < -0.39 is 5.54 Å². The van der Waals surface area contributed by atoms with Crippen LogP contribution in [0.3, 0.4) is 0 Å². The molecule has 1 heterocycles. The molecule has 0 atom stereocenters. The summed E-state index contributed by atoms with van der Waals surface area (Å²) in [5.41, 5.74) is 5.03. The minimum atomic E-state index is -0.744. The molecule has 22 heavy (non-hydrogen) atoms. The SMILES string of the molecule is COC(=O)C(C)(C)N1c2cc(C)c(C)cc2C(C)=CC1(C)C. The molecular weight excluding hydrogens is 274 g/mol. The number of nitrogens with zero attached hydrogens (tertiary/aromatic N) is 1. The van der Waals surface area contributed by atoms with Gasteiger partial charge < -0.3 is 9.64 Å². The Bertz CT molecular complexity index is 654. The van der Waals surface area contributed by atoms with E-state index in [4.69, 9.17) is 4.74 Å². The van der Waals surface area contributed by atoms with Crippen molar-refractivity contribution in [2.24, 2.45) is 0 Å². The largest absolute Gasteiger partial charge is 0.467 e. The summed E-state index contributed by atoms with van der Waals surface area (Å²) in [6, 6.07) is 4.40. The second kappa shape index (κ2) is 5.15. The van der Waals surface area contributed by atoms with E-state index in [9.17, 15) is 4.79 Å². The van der Waals surface area contributed by atoms with Crippen LogP contribution in [-0.2, 0) is 9.53 Å². The molecule has 0 spiro atoms. The Morgan fingerprint density at radius 1 is 1.14 bits per heavy atom. The number of rotatable bonds is 2. The Morgan fingerprint density at radius 2 is 1.68 bits per heavy atom. The predicted molar refractivity (Wildman–Crippen MR) is 92.2 cm³/mol. The molecule has 0 amide bonds. The molecule has 120 valence electrons. The minimum absolute atomic E-state index is 0.224. The number of ether oxygens (including phenoxy) is 1. The van der Waals surface area contributed by atoms with Gasteiger partial charge in [0.25, 0.3) is 0 Å². The van der Waals surface area contributed by atoms with Crippen LogP contribution in [0.25, 0.3) is 5.57 Å². The molecule has 0 fully saturated rings. The third-order valence-corrected chi connectivity index (χ3v) is 4.67. The van der Waals surface area contributed by atoms with Crippen molar-refractivity contribution in [3.63, 3.8) is 0 Å². The Balaban J connectivity index is 2.74. The number of hydrogen-bond acceptors (Lipinski definition) is 3. The van der Waals surface area contributed by atoms with Crippen LogP contribution in [0, 0.1) is 13.8 Å². The van der Waals surface area contributed by atoms with Gasteiger partial charge in [-0.15, -0.1) is 0 Å². The zero-order valence-corrected chi connectivity index (χ0v) is 15.0. The topological polar surface area (TPSA) is 29.5 Å². The number of benzene rings is 1. The molecule has 1 aliphatic rings. The highest BCUT2D eigenvalue weighted by molar-refractivity contribution is 5.90. The predicted octanol–water partition coefficient (Wildman–Crippen LogP) is 4.26. The molecular formula is C19H27NO2. The smallest absolute Gasteiger partial charge is 0.331 e. The third-order valence-electron chi connectivity index (χ3n) is 4.67. The summed E-state index contributed by atoms with van der Waals surface area (Å²) in [4.78, 5) is 14.6. The van der Waals surface area contributed by atoms with Crippen molar-refractivity contribution in [3.8, 4) is 0 Å². The van der Waals surface area contributed by atoms with Gasteiger partial charge in [-0.1, -0.05) is 6.08 Å². The van der Waals surface area contributed by atoms with Crippen molar-refractivity contribution in [2.45, 2.75) is 59.5 Å². The van der Waals surface area contributed by atoms with Gasteiger partial charge in [0, 0.05) is 11.3 Å². The normalized spacial score (nSPS) is 16.9. The summed E-state index contributed by atoms with van der Waals surface area (Å²) in [5.74, 6) is -0.224. The molecule has 0 radical (unpaired) electrons. The molecule has 1 aliphatic heterocycles. The molecule has 1 aromatic rings. The van der Waals surface area contributed by atoms with Gasteiger partial charge in [0.15, 0.2) is 0 Å². The Hall–Kier alpha value is -1.77. The zero-order chi connectivity index (χ0) is 16.9. The Labute approximate surface area is 134 Å². The lowest BCUT2D eigenvalue weighted by Gasteiger charge is -2.50. The summed E-state index contributed by atoms with van der Waals surface area (Å²) in [5, 5.41) is 0. The maximum atomic E-state index is 12.4. The van der Waals surface area contributed by atoms with E-state index in [1.54, 1.807) is 0 Å². The summed E-state index contributed by atoms with van der Waals surface area (Å²) >= 11 is 0. The maximum Gasteiger partial charge on any atom is 0.331 e. The molecule has 3 nitrogen and oxygen atoms in total. The van der Waals surface area contributed by atoms with E-state index in [0.29, 0.717) is 0 Å². The van der Waals surface area contributed by atoms with E-state index in [0.717, 1.165) is 5.69 Å². The van der Waals surface area contributed by atoms with E-state index in [2.05, 4.69) is 57.7 Å². The monoisotopic (exact) mass is 301 g/mol. The standard InChI is InChI=1S/C19H27NO2/c1-12-9-15-14(3)11-18(4,5)20(16(15)10-13(12)2)19(6,7)17(21)22-8/h9-11H,1-8H3. The molecule has 0 saturated heterocycles. The van der Waals surface area contributed by atoms with Gasteiger partial charge in [-0.2, -0.15) is 0 Å². The lowest BCUT2D eigenvalue weighted by molar-refractivity contribution is -0.146. The van der Waals surface area contributed by atoms with E-state index >= 15 is 0 Å². The highest BCUT2D eigenvalue weighted by Gasteiger charge is 2.45. The number of anilines is 1. The molecule has 1 aromatic carbocycles. The van der Waals surface area contributed by atoms with Crippen molar-refractivity contribution in [1.82, 2.24) is 0 Å². The van der Waals surface area contributed by atoms with Crippen molar-refractivity contribution in [2.75, 3.05) is 12.0 Å². The van der Waals surface area contributed by atoms with Crippen LogP contribution in [0.1, 0.15) is 51.3 Å². The number of carbonyl (C=O) groups excluding carboxylic acids is 1. The fourth-order valence-corrected chi connectivity index (χ4v) is 3.65. The van der Waals surface area contributed by atoms with Crippen LogP contribution in [-0.4, -0.2) is 24.2 Å². The van der Waals surface area contributed by atoms with Gasteiger partial charge >= 0.3 is 5.97 Å². The van der Waals surface area contributed by atoms with Gasteiger partial charge in [0.1, 0.15) is 5.54 Å². The number of fused-ring (bicyclic) bond motifs is 1. The number of allylic oxidation sites excluding steroid dienone is 1. The molecule has 0 aromatic heterocycles. The van der Waals surface area contributed by atoms with Crippen LogP contribution in [0.5, 0.6) is 0 Å². The van der Waals surface area contributed by atoms with Gasteiger partial charge in [-0.05, 0) is 77.3 Å². The quantitative estimate of drug-likeness (QED) is 0.765.